The lowest BCUT2D eigenvalue weighted by Crippen LogP contribution is -2.30. The zero-order valence-corrected chi connectivity index (χ0v) is 18.0. The van der Waals surface area contributed by atoms with Crippen LogP contribution in [0.5, 0.6) is 0 Å². The monoisotopic (exact) mass is 432 g/mol. The van der Waals surface area contributed by atoms with Gasteiger partial charge in [-0.3, -0.25) is 4.79 Å². The second kappa shape index (κ2) is 10.9. The van der Waals surface area contributed by atoms with Gasteiger partial charge in [0, 0.05) is 31.4 Å². The Hall–Kier alpha value is -3.21. The van der Waals surface area contributed by atoms with Gasteiger partial charge in [0.2, 0.25) is 5.91 Å². The van der Waals surface area contributed by atoms with Crippen LogP contribution in [0, 0.1) is 23.2 Å². The third-order valence-electron chi connectivity index (χ3n) is 5.94. The number of aromatic nitrogens is 1. The minimum atomic E-state index is -0.309. The molecule has 0 saturated carbocycles. The number of amides is 1. The van der Waals surface area contributed by atoms with E-state index in [0.29, 0.717) is 18.1 Å². The summed E-state index contributed by atoms with van der Waals surface area (Å²) < 4.78 is 11.0. The van der Waals surface area contributed by atoms with E-state index in [1.165, 1.54) is 5.56 Å². The van der Waals surface area contributed by atoms with Gasteiger partial charge in [-0.15, -0.1) is 0 Å². The van der Waals surface area contributed by atoms with Gasteiger partial charge >= 0.3 is 0 Å². The normalized spacial score (nSPS) is 18.7. The SMILES string of the molecule is N#CCNC(=O)C1C=CC=C(c2cc(-c3ccc(CNCC4CCOCC4)cc3)on2)C1. The van der Waals surface area contributed by atoms with Crippen LogP contribution in [-0.4, -0.2) is 37.4 Å². The van der Waals surface area contributed by atoms with Crippen LogP contribution >= 0.6 is 0 Å². The molecular formula is C25H28N4O3. The summed E-state index contributed by atoms with van der Waals surface area (Å²) >= 11 is 0. The first-order chi connectivity index (χ1) is 15.7. The van der Waals surface area contributed by atoms with Crippen molar-refractivity contribution in [1.82, 2.24) is 15.8 Å². The lowest BCUT2D eigenvalue weighted by Gasteiger charge is -2.22. The van der Waals surface area contributed by atoms with Gasteiger partial charge in [0.1, 0.15) is 12.2 Å². The minimum absolute atomic E-state index is 0.0113. The molecule has 7 nitrogen and oxygen atoms in total. The van der Waals surface area contributed by atoms with Crippen molar-refractivity contribution < 1.29 is 14.1 Å². The third kappa shape index (κ3) is 5.72. The van der Waals surface area contributed by atoms with Crippen molar-refractivity contribution in [2.24, 2.45) is 11.8 Å². The Kier molecular flexibility index (Phi) is 7.49. The van der Waals surface area contributed by atoms with Crippen molar-refractivity contribution in [3.05, 3.63) is 59.8 Å². The Balaban J connectivity index is 1.32. The quantitative estimate of drug-likeness (QED) is 0.620. The van der Waals surface area contributed by atoms with E-state index in [0.717, 1.165) is 56.0 Å². The van der Waals surface area contributed by atoms with E-state index >= 15 is 0 Å². The molecule has 1 aromatic heterocycles. The van der Waals surface area contributed by atoms with E-state index in [9.17, 15) is 4.79 Å². The van der Waals surface area contributed by atoms with E-state index in [1.807, 2.05) is 42.5 Å². The fraction of sp³-hybridized carbons (Fsp3) is 0.400. The molecule has 32 heavy (non-hydrogen) atoms. The van der Waals surface area contributed by atoms with E-state index in [1.54, 1.807) is 0 Å². The summed E-state index contributed by atoms with van der Waals surface area (Å²) in [6.45, 7) is 3.63. The standard InChI is InChI=1S/C25H28N4O3/c26-10-11-28-25(30)22-3-1-2-21(14-22)23-15-24(32-29-23)20-6-4-18(5-7-20)16-27-17-19-8-12-31-13-9-19/h1-7,15,19,22,27H,8-9,11-14,16-17H2,(H,28,30). The molecule has 4 rings (SSSR count). The average Bonchev–Trinajstić information content (AvgIpc) is 3.34. The predicted octanol–water partition coefficient (Wildman–Crippen LogP) is 3.46. The highest BCUT2D eigenvalue weighted by molar-refractivity contribution is 5.84. The Morgan fingerprint density at radius 1 is 1.22 bits per heavy atom. The topological polar surface area (TPSA) is 100 Å². The Morgan fingerprint density at radius 3 is 2.81 bits per heavy atom. The molecule has 1 aliphatic heterocycles. The summed E-state index contributed by atoms with van der Waals surface area (Å²) in [5, 5.41) is 19.0. The smallest absolute Gasteiger partial charge is 0.228 e. The molecule has 166 valence electrons. The summed E-state index contributed by atoms with van der Waals surface area (Å²) in [6, 6.07) is 12.1. The molecule has 1 unspecified atom stereocenters. The molecule has 2 aliphatic rings. The second-order valence-electron chi connectivity index (χ2n) is 8.22. The van der Waals surface area contributed by atoms with Crippen LogP contribution in [-0.2, 0) is 16.1 Å². The van der Waals surface area contributed by atoms with Crippen LogP contribution in [0.2, 0.25) is 0 Å². The largest absolute Gasteiger partial charge is 0.381 e. The first-order valence-electron chi connectivity index (χ1n) is 11.1. The van der Waals surface area contributed by atoms with E-state index < -0.39 is 0 Å². The summed E-state index contributed by atoms with van der Waals surface area (Å²) in [5.41, 5.74) is 3.86. The fourth-order valence-corrected chi connectivity index (χ4v) is 4.03. The number of allylic oxidation sites excluding steroid dienone is 3. The Bertz CT molecular complexity index is 1010. The molecule has 1 saturated heterocycles. The van der Waals surface area contributed by atoms with Crippen molar-refractivity contribution in [1.29, 1.82) is 5.26 Å². The second-order valence-corrected chi connectivity index (χ2v) is 8.22. The maximum absolute atomic E-state index is 12.2. The van der Waals surface area contributed by atoms with Gasteiger partial charge in [-0.1, -0.05) is 47.7 Å². The van der Waals surface area contributed by atoms with Crippen LogP contribution in [0.25, 0.3) is 16.9 Å². The fourth-order valence-electron chi connectivity index (χ4n) is 4.03. The van der Waals surface area contributed by atoms with E-state index in [4.69, 9.17) is 14.5 Å². The zero-order chi connectivity index (χ0) is 22.2. The van der Waals surface area contributed by atoms with Gasteiger partial charge in [-0.25, -0.2) is 0 Å². The number of ether oxygens (including phenoxy) is 1. The number of nitrogens with one attached hydrogen (secondary N) is 2. The van der Waals surface area contributed by atoms with Gasteiger partial charge in [0.05, 0.1) is 12.0 Å². The molecule has 2 heterocycles. The van der Waals surface area contributed by atoms with Gasteiger partial charge in [-0.05, 0) is 42.9 Å². The number of carbonyl (C=O) groups excluding carboxylic acids is 1. The van der Waals surface area contributed by atoms with E-state index in [2.05, 4.69) is 27.9 Å². The highest BCUT2D eigenvalue weighted by Crippen LogP contribution is 2.30. The van der Waals surface area contributed by atoms with Crippen LogP contribution in [0.4, 0.5) is 0 Å². The van der Waals surface area contributed by atoms with Crippen LogP contribution in [0.1, 0.15) is 30.5 Å². The number of carbonyl (C=O) groups is 1. The lowest BCUT2D eigenvalue weighted by atomic mass is 9.91. The van der Waals surface area contributed by atoms with Crippen LogP contribution in [0.15, 0.2) is 53.1 Å². The molecule has 0 bridgehead atoms. The van der Waals surface area contributed by atoms with Crippen molar-refractivity contribution >= 4 is 11.5 Å². The van der Waals surface area contributed by atoms with Crippen molar-refractivity contribution in [2.45, 2.75) is 25.8 Å². The molecule has 1 aliphatic carbocycles. The number of rotatable bonds is 8. The van der Waals surface area contributed by atoms with Crippen LogP contribution < -0.4 is 10.6 Å². The number of nitrogens with zero attached hydrogens (tertiary/aromatic N) is 2. The van der Waals surface area contributed by atoms with Crippen molar-refractivity contribution in [3.8, 4) is 17.4 Å². The number of hydrogen-bond donors (Lipinski definition) is 2. The summed E-state index contributed by atoms with van der Waals surface area (Å²) in [4.78, 5) is 12.2. The third-order valence-corrected chi connectivity index (χ3v) is 5.94. The first kappa shape index (κ1) is 22.0. The maximum atomic E-state index is 12.2. The van der Waals surface area contributed by atoms with Crippen LogP contribution in [0.3, 0.4) is 0 Å². The Morgan fingerprint density at radius 2 is 2.03 bits per heavy atom. The number of hydrogen-bond acceptors (Lipinski definition) is 6. The molecular weight excluding hydrogens is 404 g/mol. The molecule has 0 spiro atoms. The number of nitriles is 1. The molecule has 0 radical (unpaired) electrons. The maximum Gasteiger partial charge on any atom is 0.228 e. The highest BCUT2D eigenvalue weighted by atomic mass is 16.5. The van der Waals surface area contributed by atoms with Gasteiger partial charge in [0.25, 0.3) is 0 Å². The molecule has 1 amide bonds. The Labute approximate surface area is 188 Å². The van der Waals surface area contributed by atoms with Gasteiger partial charge in [-0.2, -0.15) is 5.26 Å². The summed E-state index contributed by atoms with van der Waals surface area (Å²) in [5.74, 6) is 0.939. The predicted molar refractivity (Wildman–Crippen MR) is 121 cm³/mol. The van der Waals surface area contributed by atoms with Crippen molar-refractivity contribution in [3.63, 3.8) is 0 Å². The van der Waals surface area contributed by atoms with Crippen molar-refractivity contribution in [2.75, 3.05) is 26.3 Å². The average molecular weight is 433 g/mol. The summed E-state index contributed by atoms with van der Waals surface area (Å²) in [6.07, 6.45) is 8.44. The summed E-state index contributed by atoms with van der Waals surface area (Å²) in [7, 11) is 0. The van der Waals surface area contributed by atoms with Gasteiger partial charge < -0.3 is 19.9 Å². The number of benzene rings is 1. The molecule has 2 aromatic rings. The highest BCUT2D eigenvalue weighted by Gasteiger charge is 2.22. The van der Waals surface area contributed by atoms with E-state index in [-0.39, 0.29) is 18.4 Å². The zero-order valence-electron chi connectivity index (χ0n) is 18.0. The first-order valence-corrected chi connectivity index (χ1v) is 11.1. The minimum Gasteiger partial charge on any atom is -0.381 e. The molecule has 1 atom stereocenters. The lowest BCUT2D eigenvalue weighted by molar-refractivity contribution is -0.123. The van der Waals surface area contributed by atoms with Gasteiger partial charge in [0.15, 0.2) is 5.76 Å². The molecule has 1 fully saturated rings. The molecule has 7 heteroatoms. The molecule has 2 N–H and O–H groups in total. The molecule has 1 aromatic carbocycles.